The SMILES string of the molecule is CC(C)Oc1ccc(NS(=O)(=O)CC(=O)NCCC2CCCNC2)cc1.Cl. The molecule has 0 bridgehead atoms. The van der Waals surface area contributed by atoms with Crippen LogP contribution in [0.4, 0.5) is 5.69 Å². The highest BCUT2D eigenvalue weighted by Crippen LogP contribution is 2.18. The van der Waals surface area contributed by atoms with Crippen LogP contribution in [-0.2, 0) is 14.8 Å². The Kier molecular flexibility index (Phi) is 9.90. The lowest BCUT2D eigenvalue weighted by molar-refractivity contribution is -0.118. The standard InChI is InChI=1S/C18H29N3O4S.ClH/c1-14(2)25-17-7-5-16(6-8-17)21-26(23,24)13-18(22)20-11-9-15-4-3-10-19-12-15;/h5-8,14-15,19,21H,3-4,9-13H2,1-2H3,(H,20,22);1H. The van der Waals surface area contributed by atoms with Crippen LogP contribution in [0.15, 0.2) is 24.3 Å². The van der Waals surface area contributed by atoms with E-state index in [2.05, 4.69) is 15.4 Å². The number of hydrogen-bond acceptors (Lipinski definition) is 5. The third-order valence-electron chi connectivity index (χ3n) is 4.09. The maximum Gasteiger partial charge on any atom is 0.241 e. The summed E-state index contributed by atoms with van der Waals surface area (Å²) >= 11 is 0. The average molecular weight is 420 g/mol. The van der Waals surface area contributed by atoms with Crippen LogP contribution in [0.3, 0.4) is 0 Å². The number of carbonyl (C=O) groups excluding carboxylic acids is 1. The summed E-state index contributed by atoms with van der Waals surface area (Å²) in [5, 5.41) is 6.02. The van der Waals surface area contributed by atoms with Crippen molar-refractivity contribution in [3.63, 3.8) is 0 Å². The quantitative estimate of drug-likeness (QED) is 0.569. The second-order valence-electron chi connectivity index (χ2n) is 6.90. The lowest BCUT2D eigenvalue weighted by Crippen LogP contribution is -2.36. The lowest BCUT2D eigenvalue weighted by atomic mass is 9.96. The van der Waals surface area contributed by atoms with Crippen molar-refractivity contribution in [2.45, 2.75) is 39.2 Å². The Morgan fingerprint density at radius 1 is 1.30 bits per heavy atom. The molecule has 0 saturated carbocycles. The Bertz CT molecular complexity index is 674. The molecule has 1 aromatic rings. The Morgan fingerprint density at radius 2 is 2.00 bits per heavy atom. The number of benzene rings is 1. The number of nitrogens with one attached hydrogen (secondary N) is 3. The Balaban J connectivity index is 0.00000364. The van der Waals surface area contributed by atoms with Crippen LogP contribution >= 0.6 is 12.4 Å². The minimum absolute atomic E-state index is 0. The first-order valence-electron chi connectivity index (χ1n) is 9.09. The van der Waals surface area contributed by atoms with E-state index in [-0.39, 0.29) is 18.5 Å². The summed E-state index contributed by atoms with van der Waals surface area (Å²) in [6.07, 6.45) is 3.21. The fraction of sp³-hybridized carbons (Fsp3) is 0.611. The van der Waals surface area contributed by atoms with E-state index in [1.54, 1.807) is 24.3 Å². The fourth-order valence-electron chi connectivity index (χ4n) is 2.90. The van der Waals surface area contributed by atoms with E-state index in [0.29, 0.717) is 23.9 Å². The summed E-state index contributed by atoms with van der Waals surface area (Å²) in [6.45, 7) is 6.35. The summed E-state index contributed by atoms with van der Waals surface area (Å²) in [4.78, 5) is 11.9. The molecule has 1 aromatic carbocycles. The summed E-state index contributed by atoms with van der Waals surface area (Å²) in [5.74, 6) is 0.143. The number of carbonyl (C=O) groups is 1. The molecule has 2 rings (SSSR count). The molecule has 1 atom stereocenters. The van der Waals surface area contributed by atoms with E-state index in [1.165, 1.54) is 0 Å². The smallest absolute Gasteiger partial charge is 0.241 e. The highest BCUT2D eigenvalue weighted by Gasteiger charge is 2.17. The molecule has 1 aliphatic rings. The molecule has 27 heavy (non-hydrogen) atoms. The normalized spacial score (nSPS) is 17.1. The Labute approximate surface area is 168 Å². The van der Waals surface area contributed by atoms with E-state index >= 15 is 0 Å². The first-order valence-corrected chi connectivity index (χ1v) is 10.7. The molecule has 1 fully saturated rings. The zero-order valence-electron chi connectivity index (χ0n) is 15.9. The van der Waals surface area contributed by atoms with Gasteiger partial charge < -0.3 is 15.4 Å². The number of amides is 1. The fourth-order valence-corrected chi connectivity index (χ4v) is 3.91. The minimum Gasteiger partial charge on any atom is -0.491 e. The van der Waals surface area contributed by atoms with Gasteiger partial charge in [-0.25, -0.2) is 8.42 Å². The van der Waals surface area contributed by atoms with Gasteiger partial charge in [-0.05, 0) is 76.4 Å². The second kappa shape index (κ2) is 11.4. The zero-order valence-corrected chi connectivity index (χ0v) is 17.5. The molecule has 0 radical (unpaired) electrons. The first kappa shape index (κ1) is 23.5. The van der Waals surface area contributed by atoms with Crippen LogP contribution in [0.25, 0.3) is 0 Å². The molecule has 1 aliphatic heterocycles. The Hall–Kier alpha value is -1.51. The van der Waals surface area contributed by atoms with Gasteiger partial charge in [-0.3, -0.25) is 9.52 Å². The largest absolute Gasteiger partial charge is 0.491 e. The van der Waals surface area contributed by atoms with Gasteiger partial charge in [-0.15, -0.1) is 12.4 Å². The van der Waals surface area contributed by atoms with Crippen molar-refractivity contribution in [1.82, 2.24) is 10.6 Å². The van der Waals surface area contributed by atoms with Gasteiger partial charge in [0.2, 0.25) is 15.9 Å². The molecule has 0 spiro atoms. The van der Waals surface area contributed by atoms with Gasteiger partial charge in [-0.2, -0.15) is 0 Å². The predicted octanol–water partition coefficient (Wildman–Crippen LogP) is 2.14. The van der Waals surface area contributed by atoms with Gasteiger partial charge in [0.15, 0.2) is 0 Å². The van der Waals surface area contributed by atoms with Crippen LogP contribution in [0.5, 0.6) is 5.75 Å². The highest BCUT2D eigenvalue weighted by molar-refractivity contribution is 7.93. The molecule has 1 heterocycles. The molecule has 9 heteroatoms. The monoisotopic (exact) mass is 419 g/mol. The summed E-state index contributed by atoms with van der Waals surface area (Å²) in [6, 6.07) is 6.61. The van der Waals surface area contributed by atoms with Crippen LogP contribution in [-0.4, -0.2) is 45.8 Å². The van der Waals surface area contributed by atoms with Gasteiger partial charge in [-0.1, -0.05) is 0 Å². The molecule has 7 nitrogen and oxygen atoms in total. The number of rotatable bonds is 9. The van der Waals surface area contributed by atoms with Crippen molar-refractivity contribution >= 4 is 34.0 Å². The summed E-state index contributed by atoms with van der Waals surface area (Å²) in [5.41, 5.74) is 0.405. The average Bonchev–Trinajstić information content (AvgIpc) is 2.56. The highest BCUT2D eigenvalue weighted by atomic mass is 35.5. The lowest BCUT2D eigenvalue weighted by Gasteiger charge is -2.22. The molecular formula is C18H30ClN3O4S. The van der Waals surface area contributed by atoms with Crippen molar-refractivity contribution in [2.75, 3.05) is 30.1 Å². The van der Waals surface area contributed by atoms with E-state index in [9.17, 15) is 13.2 Å². The molecule has 1 saturated heterocycles. The first-order chi connectivity index (χ1) is 12.3. The number of hydrogen-bond donors (Lipinski definition) is 3. The van der Waals surface area contributed by atoms with Crippen molar-refractivity contribution in [1.29, 1.82) is 0 Å². The Morgan fingerprint density at radius 3 is 2.59 bits per heavy atom. The summed E-state index contributed by atoms with van der Waals surface area (Å²) in [7, 11) is -3.74. The van der Waals surface area contributed by atoms with E-state index < -0.39 is 21.7 Å². The molecule has 1 unspecified atom stereocenters. The third-order valence-corrected chi connectivity index (χ3v) is 5.28. The molecule has 0 aliphatic carbocycles. The van der Waals surface area contributed by atoms with Gasteiger partial charge in [0.1, 0.15) is 11.5 Å². The van der Waals surface area contributed by atoms with Gasteiger partial charge >= 0.3 is 0 Å². The van der Waals surface area contributed by atoms with E-state index in [4.69, 9.17) is 4.74 Å². The predicted molar refractivity (Wildman–Crippen MR) is 110 cm³/mol. The third kappa shape index (κ3) is 9.30. The molecule has 154 valence electrons. The van der Waals surface area contributed by atoms with Crippen molar-refractivity contribution in [3.05, 3.63) is 24.3 Å². The number of piperidine rings is 1. The number of anilines is 1. The van der Waals surface area contributed by atoms with Gasteiger partial charge in [0.25, 0.3) is 0 Å². The van der Waals surface area contributed by atoms with Crippen molar-refractivity contribution < 1.29 is 17.9 Å². The maximum atomic E-state index is 12.1. The van der Waals surface area contributed by atoms with Gasteiger partial charge in [0.05, 0.1) is 6.10 Å². The maximum absolute atomic E-state index is 12.1. The number of sulfonamides is 1. The molecule has 3 N–H and O–H groups in total. The summed E-state index contributed by atoms with van der Waals surface area (Å²) < 4.78 is 32.2. The minimum atomic E-state index is -3.74. The van der Waals surface area contributed by atoms with Crippen LogP contribution in [0.1, 0.15) is 33.1 Å². The van der Waals surface area contributed by atoms with Gasteiger partial charge in [0, 0.05) is 12.2 Å². The van der Waals surface area contributed by atoms with E-state index in [1.807, 2.05) is 13.8 Å². The van der Waals surface area contributed by atoms with Crippen LogP contribution in [0.2, 0.25) is 0 Å². The number of halogens is 1. The topological polar surface area (TPSA) is 96.5 Å². The van der Waals surface area contributed by atoms with Crippen LogP contribution < -0.4 is 20.1 Å². The second-order valence-corrected chi connectivity index (χ2v) is 8.63. The van der Waals surface area contributed by atoms with Crippen LogP contribution in [0, 0.1) is 5.92 Å². The van der Waals surface area contributed by atoms with Crippen molar-refractivity contribution in [3.8, 4) is 5.75 Å². The van der Waals surface area contributed by atoms with E-state index in [0.717, 1.165) is 32.4 Å². The molecular weight excluding hydrogens is 390 g/mol. The molecule has 0 aromatic heterocycles. The molecule has 1 amide bonds. The van der Waals surface area contributed by atoms with Crippen molar-refractivity contribution in [2.24, 2.45) is 5.92 Å². The zero-order chi connectivity index (χ0) is 19.0. The number of ether oxygens (including phenoxy) is 1.